The molecule has 0 aromatic heterocycles. The van der Waals surface area contributed by atoms with Crippen molar-refractivity contribution in [2.75, 3.05) is 13.2 Å². The second-order valence-electron chi connectivity index (χ2n) is 8.82. The minimum atomic E-state index is -0.765. The van der Waals surface area contributed by atoms with Gasteiger partial charge in [0.1, 0.15) is 23.0 Å². The molecule has 0 bridgehead atoms. The number of benzene rings is 3. The zero-order chi connectivity index (χ0) is 29.5. The number of aliphatic hydroxyl groups excluding tert-OH is 1. The standard InChI is InChI=1S/C31H27BrClNO6S/c1-4-38-24-15-20(14-23(32)28(24)40-17-19-8-12-22(33)13-9-19)16-25-27(35)26(31(37)39-5-2)30(41-25)34-29(36)21-10-6-18(3)7-11-21/h6-16,35H,4-5,17H2,1-3H3/b25-16-,34-30?. The quantitative estimate of drug-likeness (QED) is 0.233. The second-order valence-corrected chi connectivity index (χ2v) is 11.1. The number of ether oxygens (including phenoxy) is 3. The van der Waals surface area contributed by atoms with Gasteiger partial charge in [-0.3, -0.25) is 4.79 Å². The lowest BCUT2D eigenvalue weighted by Crippen LogP contribution is -2.14. The second kappa shape index (κ2) is 13.9. The molecule has 1 amide bonds. The first-order valence-electron chi connectivity index (χ1n) is 12.7. The number of aryl methyl sites for hydroxylation is 1. The maximum Gasteiger partial charge on any atom is 0.344 e. The van der Waals surface area contributed by atoms with Gasteiger partial charge in [0.05, 0.1) is 22.6 Å². The van der Waals surface area contributed by atoms with Gasteiger partial charge in [0.2, 0.25) is 0 Å². The Morgan fingerprint density at radius 1 is 1.02 bits per heavy atom. The van der Waals surface area contributed by atoms with Gasteiger partial charge in [0.25, 0.3) is 5.91 Å². The van der Waals surface area contributed by atoms with Crippen LogP contribution in [0.25, 0.3) is 6.08 Å². The van der Waals surface area contributed by atoms with Gasteiger partial charge < -0.3 is 19.3 Å². The molecule has 0 aliphatic carbocycles. The first-order valence-corrected chi connectivity index (χ1v) is 14.7. The Balaban J connectivity index is 1.67. The number of aliphatic imine (C=N–C) groups is 1. The molecule has 212 valence electrons. The Hall–Kier alpha value is -3.53. The third-order valence-electron chi connectivity index (χ3n) is 5.80. The molecule has 3 aromatic carbocycles. The van der Waals surface area contributed by atoms with Crippen LogP contribution in [0.5, 0.6) is 11.5 Å². The highest BCUT2D eigenvalue weighted by Crippen LogP contribution is 2.42. The van der Waals surface area contributed by atoms with E-state index in [2.05, 4.69) is 20.9 Å². The van der Waals surface area contributed by atoms with Gasteiger partial charge in [-0.25, -0.2) is 9.79 Å². The Labute approximate surface area is 256 Å². The van der Waals surface area contributed by atoms with Crippen molar-refractivity contribution < 1.29 is 28.9 Å². The Morgan fingerprint density at radius 2 is 1.73 bits per heavy atom. The highest BCUT2D eigenvalue weighted by atomic mass is 79.9. The largest absolute Gasteiger partial charge is 0.506 e. The van der Waals surface area contributed by atoms with Crippen LogP contribution in [0.2, 0.25) is 5.02 Å². The zero-order valence-electron chi connectivity index (χ0n) is 22.6. The molecule has 1 aliphatic rings. The summed E-state index contributed by atoms with van der Waals surface area (Å²) in [4.78, 5) is 30.1. The predicted octanol–water partition coefficient (Wildman–Crippen LogP) is 8.09. The molecule has 0 saturated carbocycles. The average molecular weight is 657 g/mol. The lowest BCUT2D eigenvalue weighted by atomic mass is 10.1. The highest BCUT2D eigenvalue weighted by molar-refractivity contribution is 9.10. The van der Waals surface area contributed by atoms with Crippen molar-refractivity contribution in [1.82, 2.24) is 0 Å². The fraction of sp³-hybridized carbons (Fsp3) is 0.194. The molecule has 0 saturated heterocycles. The van der Waals surface area contributed by atoms with Crippen LogP contribution in [0.4, 0.5) is 0 Å². The maximum atomic E-state index is 12.9. The molecule has 3 aromatic rings. The van der Waals surface area contributed by atoms with Crippen LogP contribution in [0.3, 0.4) is 0 Å². The predicted molar refractivity (Wildman–Crippen MR) is 166 cm³/mol. The summed E-state index contributed by atoms with van der Waals surface area (Å²) in [7, 11) is 0. The number of aliphatic hydroxyl groups is 1. The summed E-state index contributed by atoms with van der Waals surface area (Å²) in [5.41, 5.74) is 2.80. The van der Waals surface area contributed by atoms with Crippen molar-refractivity contribution in [3.05, 3.63) is 109 Å². The van der Waals surface area contributed by atoms with Crippen molar-refractivity contribution in [3.63, 3.8) is 0 Å². The van der Waals surface area contributed by atoms with E-state index in [0.717, 1.165) is 22.9 Å². The van der Waals surface area contributed by atoms with Crippen LogP contribution >= 0.6 is 39.3 Å². The van der Waals surface area contributed by atoms with Crippen LogP contribution in [0.1, 0.15) is 40.9 Å². The summed E-state index contributed by atoms with van der Waals surface area (Å²) in [5.74, 6) is -0.615. The summed E-state index contributed by atoms with van der Waals surface area (Å²) in [6.45, 7) is 6.23. The zero-order valence-corrected chi connectivity index (χ0v) is 25.7. The van der Waals surface area contributed by atoms with Crippen LogP contribution in [0, 0.1) is 6.92 Å². The average Bonchev–Trinajstić information content (AvgIpc) is 3.23. The van der Waals surface area contributed by atoms with Gasteiger partial charge in [0.15, 0.2) is 11.5 Å². The third-order valence-corrected chi connectivity index (χ3v) is 7.66. The smallest absolute Gasteiger partial charge is 0.344 e. The van der Waals surface area contributed by atoms with Crippen molar-refractivity contribution in [1.29, 1.82) is 0 Å². The molecule has 0 fully saturated rings. The highest BCUT2D eigenvalue weighted by Gasteiger charge is 2.34. The van der Waals surface area contributed by atoms with Gasteiger partial charge in [-0.2, -0.15) is 0 Å². The fourth-order valence-electron chi connectivity index (χ4n) is 3.81. The van der Waals surface area contributed by atoms with Crippen LogP contribution in [-0.2, 0) is 16.1 Å². The molecule has 0 radical (unpaired) electrons. The topological polar surface area (TPSA) is 94.4 Å². The van der Waals surface area contributed by atoms with E-state index < -0.39 is 11.9 Å². The number of halogens is 2. The Bertz CT molecular complexity index is 1550. The summed E-state index contributed by atoms with van der Waals surface area (Å²) in [5, 5.41) is 11.7. The minimum Gasteiger partial charge on any atom is -0.506 e. The number of hydrogen-bond acceptors (Lipinski definition) is 7. The number of thioether (sulfide) groups is 1. The molecule has 0 atom stereocenters. The summed E-state index contributed by atoms with van der Waals surface area (Å²) in [6, 6.07) is 17.8. The summed E-state index contributed by atoms with van der Waals surface area (Å²) in [6.07, 6.45) is 1.67. The first kappa shape index (κ1) is 30.4. The van der Waals surface area contributed by atoms with Crippen LogP contribution < -0.4 is 9.47 Å². The van der Waals surface area contributed by atoms with Gasteiger partial charge >= 0.3 is 5.97 Å². The van der Waals surface area contributed by atoms with Gasteiger partial charge in [-0.15, -0.1) is 0 Å². The van der Waals surface area contributed by atoms with Crippen molar-refractivity contribution in [3.8, 4) is 11.5 Å². The molecule has 41 heavy (non-hydrogen) atoms. The first-order chi connectivity index (χ1) is 19.7. The Kier molecular flexibility index (Phi) is 10.3. The van der Waals surface area contributed by atoms with Crippen molar-refractivity contribution in [2.45, 2.75) is 27.4 Å². The lowest BCUT2D eigenvalue weighted by Gasteiger charge is -2.15. The van der Waals surface area contributed by atoms with Gasteiger partial charge in [-0.05, 0) is 90.3 Å². The molecular formula is C31H27BrClNO6S. The molecule has 0 spiro atoms. The van der Waals surface area contributed by atoms with Crippen molar-refractivity contribution >= 4 is 62.3 Å². The van der Waals surface area contributed by atoms with E-state index in [1.165, 1.54) is 0 Å². The third kappa shape index (κ3) is 7.61. The lowest BCUT2D eigenvalue weighted by molar-refractivity contribution is -0.138. The molecule has 1 heterocycles. The number of amides is 1. The molecule has 1 N–H and O–H groups in total. The SMILES string of the molecule is CCOC(=O)C1=C(O)/C(=C/c2cc(Br)c(OCc3ccc(Cl)cc3)c(OCC)c2)SC1=NC(=O)c1ccc(C)cc1. The number of nitrogens with zero attached hydrogens (tertiary/aromatic N) is 1. The van der Waals surface area contributed by atoms with Gasteiger partial charge in [0, 0.05) is 10.6 Å². The molecule has 1 aliphatic heterocycles. The monoisotopic (exact) mass is 655 g/mol. The molecule has 7 nitrogen and oxygen atoms in total. The molecular weight excluding hydrogens is 630 g/mol. The number of esters is 1. The maximum absolute atomic E-state index is 12.9. The van der Waals surface area contributed by atoms with Crippen LogP contribution in [0.15, 0.2) is 86.4 Å². The summed E-state index contributed by atoms with van der Waals surface area (Å²) >= 11 is 10.6. The minimum absolute atomic E-state index is 0.0600. The molecule has 0 unspecified atom stereocenters. The van der Waals surface area contributed by atoms with E-state index in [0.29, 0.717) is 50.2 Å². The van der Waals surface area contributed by atoms with Crippen molar-refractivity contribution in [2.24, 2.45) is 4.99 Å². The molecule has 4 rings (SSSR count). The number of carbonyl (C=O) groups is 2. The van der Waals surface area contributed by atoms with E-state index in [-0.39, 0.29) is 23.0 Å². The number of hydrogen-bond donors (Lipinski definition) is 1. The van der Waals surface area contributed by atoms with E-state index in [1.807, 2.05) is 26.0 Å². The number of carbonyl (C=O) groups excluding carboxylic acids is 2. The van der Waals surface area contributed by atoms with E-state index in [1.54, 1.807) is 61.5 Å². The fourth-order valence-corrected chi connectivity index (χ4v) is 5.52. The van der Waals surface area contributed by atoms with E-state index >= 15 is 0 Å². The van der Waals surface area contributed by atoms with E-state index in [4.69, 9.17) is 25.8 Å². The normalized spacial score (nSPS) is 15.0. The van der Waals surface area contributed by atoms with Gasteiger partial charge in [-0.1, -0.05) is 53.2 Å². The van der Waals surface area contributed by atoms with Crippen LogP contribution in [-0.4, -0.2) is 35.2 Å². The number of rotatable bonds is 9. The molecule has 10 heteroatoms. The summed E-state index contributed by atoms with van der Waals surface area (Å²) < 4.78 is 17.7. The Morgan fingerprint density at radius 3 is 2.39 bits per heavy atom. The van der Waals surface area contributed by atoms with E-state index in [9.17, 15) is 14.7 Å².